The molecule has 2 amide bonds. The zero-order valence-electron chi connectivity index (χ0n) is 17.7. The number of nitrogens with one attached hydrogen (secondary N) is 2. The molecule has 11 heteroatoms. The van der Waals surface area contributed by atoms with Crippen LogP contribution in [0.2, 0.25) is 0 Å². The minimum Gasteiger partial charge on any atom is -0.447 e. The van der Waals surface area contributed by atoms with E-state index in [0.717, 1.165) is 36.5 Å². The zero-order valence-corrected chi connectivity index (χ0v) is 18.5. The molecule has 1 rings (SSSR count). The van der Waals surface area contributed by atoms with Gasteiger partial charge in [-0.05, 0) is 52.2 Å². The third kappa shape index (κ3) is 9.33. The first-order valence-electron chi connectivity index (χ1n) is 9.91. The first-order valence-corrected chi connectivity index (χ1v) is 10.9. The third-order valence-corrected chi connectivity index (χ3v) is 5.60. The fourth-order valence-electron chi connectivity index (χ4n) is 2.85. The highest BCUT2D eigenvalue weighted by molar-refractivity contribution is 8.13. The van der Waals surface area contributed by atoms with Gasteiger partial charge in [-0.15, -0.1) is 11.8 Å². The Morgan fingerprint density at radius 1 is 1.14 bits per heavy atom. The van der Waals surface area contributed by atoms with Gasteiger partial charge >= 0.3 is 12.2 Å². The smallest absolute Gasteiger partial charge is 0.428 e. The van der Waals surface area contributed by atoms with E-state index in [1.54, 1.807) is 13.8 Å². The van der Waals surface area contributed by atoms with E-state index in [9.17, 15) is 19.7 Å². The van der Waals surface area contributed by atoms with Crippen molar-refractivity contribution < 1.29 is 24.0 Å². The predicted molar refractivity (Wildman–Crippen MR) is 112 cm³/mol. The van der Waals surface area contributed by atoms with Gasteiger partial charge in [0.15, 0.2) is 6.10 Å². The zero-order chi connectivity index (χ0) is 22.0. The lowest BCUT2D eigenvalue weighted by Crippen LogP contribution is -2.40. The van der Waals surface area contributed by atoms with Crippen LogP contribution in [0.5, 0.6) is 0 Å². The number of amides is 2. The lowest BCUT2D eigenvalue weighted by atomic mass is 9.86. The molecule has 10 nitrogen and oxygen atoms in total. The minimum atomic E-state index is -1.00. The largest absolute Gasteiger partial charge is 0.447 e. The van der Waals surface area contributed by atoms with E-state index in [4.69, 9.17) is 9.47 Å². The summed E-state index contributed by atoms with van der Waals surface area (Å²) >= 11 is 1.54. The topological polar surface area (TPSA) is 132 Å². The van der Waals surface area contributed by atoms with Gasteiger partial charge in [0.05, 0.1) is 11.1 Å². The van der Waals surface area contributed by atoms with Crippen molar-refractivity contribution in [2.24, 2.45) is 11.0 Å². The second kappa shape index (κ2) is 12.5. The summed E-state index contributed by atoms with van der Waals surface area (Å²) in [6, 6.07) is -0.938. The highest BCUT2D eigenvalue weighted by Gasteiger charge is 2.28. The number of hydrogen-bond donors (Lipinski definition) is 2. The maximum Gasteiger partial charge on any atom is 0.428 e. The highest BCUT2D eigenvalue weighted by Crippen LogP contribution is 2.29. The molecule has 0 aromatic heterocycles. The van der Waals surface area contributed by atoms with Gasteiger partial charge in [-0.3, -0.25) is 10.1 Å². The lowest BCUT2D eigenvalue weighted by molar-refractivity contribution is -0.528. The van der Waals surface area contributed by atoms with Crippen LogP contribution in [0.25, 0.3) is 0 Å². The molecular weight excluding hydrogens is 400 g/mol. The number of thioether (sulfide) groups is 1. The fourth-order valence-corrected chi connectivity index (χ4v) is 3.73. The van der Waals surface area contributed by atoms with Crippen LogP contribution in [0.4, 0.5) is 9.59 Å². The fraction of sp³-hybridized carbons (Fsp3) is 0.833. The molecule has 0 aliphatic heterocycles. The van der Waals surface area contributed by atoms with E-state index in [2.05, 4.69) is 15.8 Å². The van der Waals surface area contributed by atoms with Gasteiger partial charge in [0.1, 0.15) is 0 Å². The second-order valence-electron chi connectivity index (χ2n) is 7.28. The third-order valence-electron chi connectivity index (χ3n) is 4.60. The van der Waals surface area contributed by atoms with E-state index in [1.807, 2.05) is 6.92 Å². The molecule has 0 aromatic rings. The van der Waals surface area contributed by atoms with Crippen molar-refractivity contribution in [3.63, 3.8) is 0 Å². The van der Waals surface area contributed by atoms with Crippen molar-refractivity contribution in [1.82, 2.24) is 10.7 Å². The number of alkyl carbamates (subject to hydrolysis) is 1. The Labute approximate surface area is 175 Å². The van der Waals surface area contributed by atoms with Crippen LogP contribution in [-0.2, 0) is 9.47 Å². The number of ether oxygens (including phenoxy) is 2. The molecule has 0 aromatic carbocycles. The van der Waals surface area contributed by atoms with Gasteiger partial charge in [-0.2, -0.15) is 5.10 Å². The molecule has 1 saturated carbocycles. The number of rotatable bonds is 8. The number of nitrogens with zero attached hydrogens (tertiary/aromatic N) is 2. The maximum absolute atomic E-state index is 11.9. The van der Waals surface area contributed by atoms with Crippen molar-refractivity contribution in [2.45, 2.75) is 84.6 Å². The van der Waals surface area contributed by atoms with Crippen LogP contribution >= 0.6 is 11.8 Å². The summed E-state index contributed by atoms with van der Waals surface area (Å²) in [5, 5.41) is 18.6. The summed E-state index contributed by atoms with van der Waals surface area (Å²) in [6.45, 7) is 8.45. The van der Waals surface area contributed by atoms with Crippen molar-refractivity contribution in [2.75, 3.05) is 5.75 Å². The van der Waals surface area contributed by atoms with Crippen LogP contribution in [0.3, 0.4) is 0 Å². The quantitative estimate of drug-likeness (QED) is 0.259. The number of carbonyl (C=O) groups excluding carboxylic acids is 2. The Morgan fingerprint density at radius 2 is 1.76 bits per heavy atom. The Balaban J connectivity index is 2.55. The Bertz CT molecular complexity index is 593. The molecule has 1 unspecified atom stereocenters. The van der Waals surface area contributed by atoms with Crippen LogP contribution in [0.1, 0.15) is 60.3 Å². The molecular formula is C18H32N4O6S. The molecule has 0 radical (unpaired) electrons. The van der Waals surface area contributed by atoms with Crippen molar-refractivity contribution >= 4 is 29.0 Å². The number of hydrogen-bond acceptors (Lipinski definition) is 8. The molecule has 1 aliphatic rings. The molecule has 2 atom stereocenters. The van der Waals surface area contributed by atoms with Gasteiger partial charge in [0.25, 0.3) is 0 Å². The normalized spacial score (nSPS) is 21.8. The maximum atomic E-state index is 11.9. The second-order valence-corrected chi connectivity index (χ2v) is 8.56. The summed E-state index contributed by atoms with van der Waals surface area (Å²) in [6.07, 6.45) is 0.998. The van der Waals surface area contributed by atoms with E-state index < -0.39 is 29.3 Å². The summed E-state index contributed by atoms with van der Waals surface area (Å²) in [5.74, 6) is 0.970. The highest BCUT2D eigenvalue weighted by atomic mass is 32.2. The van der Waals surface area contributed by atoms with E-state index in [1.165, 1.54) is 25.6 Å². The Morgan fingerprint density at radius 3 is 2.28 bits per heavy atom. The predicted octanol–water partition coefficient (Wildman–Crippen LogP) is 3.53. The first-order chi connectivity index (χ1) is 13.6. The van der Waals surface area contributed by atoms with Gasteiger partial charge in [-0.1, -0.05) is 6.92 Å². The first kappa shape index (κ1) is 25.0. The minimum absolute atomic E-state index is 0.0627. The van der Waals surface area contributed by atoms with Gasteiger partial charge < -0.3 is 14.8 Å². The number of nitro groups is 1. The number of carbonyl (C=O) groups is 2. The van der Waals surface area contributed by atoms with Gasteiger partial charge in [0.2, 0.25) is 6.04 Å². The number of hydrazone groups is 1. The molecule has 1 fully saturated rings. The molecule has 2 N–H and O–H groups in total. The Kier molecular flexibility index (Phi) is 10.8. The van der Waals surface area contributed by atoms with E-state index in [-0.39, 0.29) is 18.1 Å². The summed E-state index contributed by atoms with van der Waals surface area (Å²) < 4.78 is 10.1. The molecule has 29 heavy (non-hydrogen) atoms. The van der Waals surface area contributed by atoms with E-state index >= 15 is 0 Å². The average Bonchev–Trinajstić information content (AvgIpc) is 2.64. The van der Waals surface area contributed by atoms with Crippen molar-refractivity contribution in [3.8, 4) is 0 Å². The van der Waals surface area contributed by atoms with Crippen LogP contribution in [-0.4, -0.2) is 52.2 Å². The standard InChI is InChI=1S/C18H32N4O6S/c1-6-29-16(20-21-18(24)28-13(5)12(4)22(25)26)14-7-9-15(10-8-14)19-17(23)27-11(2)3/h11-15H,6-10H2,1-5H3,(H,19,23)(H,21,24)/b20-16-/t12?,13-,14?,15?/m0/s1. The SMILES string of the molecule is CCS/C(=N\NC(=O)O[C@@H](C)C(C)[N+](=O)[O-])C1CCC(NC(=O)OC(C)C)CC1. The molecule has 0 bridgehead atoms. The van der Waals surface area contributed by atoms with Crippen LogP contribution in [0, 0.1) is 16.0 Å². The summed E-state index contributed by atoms with van der Waals surface area (Å²) in [5.41, 5.74) is 2.35. The summed E-state index contributed by atoms with van der Waals surface area (Å²) in [4.78, 5) is 33.9. The lowest BCUT2D eigenvalue weighted by Gasteiger charge is -2.29. The van der Waals surface area contributed by atoms with E-state index in [0.29, 0.717) is 0 Å². The van der Waals surface area contributed by atoms with Crippen LogP contribution < -0.4 is 10.7 Å². The molecule has 0 saturated heterocycles. The average molecular weight is 433 g/mol. The van der Waals surface area contributed by atoms with Gasteiger partial charge in [0, 0.05) is 23.8 Å². The Hall–Kier alpha value is -2.04. The molecule has 1 aliphatic carbocycles. The monoisotopic (exact) mass is 432 g/mol. The van der Waals surface area contributed by atoms with Crippen molar-refractivity contribution in [1.29, 1.82) is 0 Å². The van der Waals surface area contributed by atoms with Gasteiger partial charge in [-0.25, -0.2) is 15.0 Å². The molecule has 166 valence electrons. The van der Waals surface area contributed by atoms with Crippen LogP contribution in [0.15, 0.2) is 5.10 Å². The molecule has 0 heterocycles. The summed E-state index contributed by atoms with van der Waals surface area (Å²) in [7, 11) is 0. The van der Waals surface area contributed by atoms with Crippen molar-refractivity contribution in [3.05, 3.63) is 10.1 Å². The molecule has 0 spiro atoms.